The Morgan fingerprint density at radius 1 is 1.33 bits per heavy atom. The number of ketones is 2. The van der Waals surface area contributed by atoms with Gasteiger partial charge >= 0.3 is 5.97 Å². The summed E-state index contributed by atoms with van der Waals surface area (Å²) in [6.07, 6.45) is 1.58. The highest BCUT2D eigenvalue weighted by Gasteiger charge is 2.66. The minimum atomic E-state index is -2.90. The SMILES string of the molecule is [2H]C1=C2C(C)=C[C@@H]3[C@H](CC[C@@]4(C)[C@H]3CC[C@]4(OC(C)=O)C(=O)C([2H])([2H])[2H])[C@H]2CC([2H])([2H])C1=O. The van der Waals surface area contributed by atoms with Gasteiger partial charge in [0.25, 0.3) is 0 Å². The third-order valence-electron chi connectivity index (χ3n) is 7.67. The lowest BCUT2D eigenvalue weighted by molar-refractivity contribution is -0.184. The van der Waals surface area contributed by atoms with E-state index in [1.807, 2.05) is 19.9 Å². The number of hydrogen-bond donors (Lipinski definition) is 0. The van der Waals surface area contributed by atoms with Gasteiger partial charge in [0.2, 0.25) is 0 Å². The molecule has 4 aliphatic rings. The van der Waals surface area contributed by atoms with E-state index in [0.717, 1.165) is 5.57 Å². The molecule has 4 rings (SSSR count). The van der Waals surface area contributed by atoms with Gasteiger partial charge in [-0.1, -0.05) is 18.6 Å². The number of Topliss-reactive ketones (excluding diaryl/α,β-unsaturated/α-hetero) is 1. The van der Waals surface area contributed by atoms with Crippen LogP contribution in [0.4, 0.5) is 0 Å². The zero-order chi connectivity index (χ0) is 24.7. The predicted octanol–water partition coefficient (Wildman–Crippen LogP) is 4.19. The molecule has 0 aromatic heterocycles. The zero-order valence-electron chi connectivity index (χ0n) is 22.1. The highest BCUT2D eigenvalue weighted by molar-refractivity contribution is 5.92. The molecule has 4 heteroatoms. The van der Waals surface area contributed by atoms with Crippen molar-refractivity contribution >= 4 is 17.5 Å². The molecule has 0 bridgehead atoms. The van der Waals surface area contributed by atoms with E-state index in [-0.39, 0.29) is 42.6 Å². The van der Waals surface area contributed by atoms with Gasteiger partial charge in [-0.2, -0.15) is 0 Å². The molecule has 2 saturated carbocycles. The number of carbonyl (C=O) groups is 3. The maximum atomic E-state index is 13.2. The van der Waals surface area contributed by atoms with Crippen molar-refractivity contribution in [2.45, 2.75) is 71.7 Å². The fourth-order valence-electron chi connectivity index (χ4n) is 6.46. The molecule has 0 amide bonds. The average molecular weight is 377 g/mol. The fourth-order valence-corrected chi connectivity index (χ4v) is 6.46. The van der Waals surface area contributed by atoms with Crippen LogP contribution >= 0.6 is 0 Å². The topological polar surface area (TPSA) is 60.4 Å². The molecule has 146 valence electrons. The fraction of sp³-hybridized carbons (Fsp3) is 0.696. The molecule has 0 aliphatic heterocycles. The Labute approximate surface area is 169 Å². The minimum absolute atomic E-state index is 0.0165. The summed E-state index contributed by atoms with van der Waals surface area (Å²) >= 11 is 0. The van der Waals surface area contributed by atoms with Gasteiger partial charge in [-0.15, -0.1) is 0 Å². The van der Waals surface area contributed by atoms with Gasteiger partial charge in [-0.05, 0) is 81.2 Å². The van der Waals surface area contributed by atoms with Crippen molar-refractivity contribution in [1.82, 2.24) is 0 Å². The maximum Gasteiger partial charge on any atom is 0.303 e. The molecule has 0 N–H and O–H groups in total. The summed E-state index contributed by atoms with van der Waals surface area (Å²) in [6, 6.07) is -0.255. The number of esters is 1. The summed E-state index contributed by atoms with van der Waals surface area (Å²) in [6.45, 7) is 1.96. The third kappa shape index (κ3) is 2.51. The lowest BCUT2D eigenvalue weighted by atomic mass is 9.51. The number of allylic oxidation sites excluding steroid dienone is 4. The molecule has 0 aromatic rings. The first-order valence-corrected chi connectivity index (χ1v) is 9.76. The summed E-state index contributed by atoms with van der Waals surface area (Å²) in [5.41, 5.74) is -1.22. The summed E-state index contributed by atoms with van der Waals surface area (Å²) in [7, 11) is 0. The van der Waals surface area contributed by atoms with Crippen molar-refractivity contribution in [3.05, 3.63) is 23.3 Å². The second kappa shape index (κ2) is 6.15. The molecule has 0 spiro atoms. The van der Waals surface area contributed by atoms with E-state index in [2.05, 4.69) is 0 Å². The lowest BCUT2D eigenvalue weighted by Gasteiger charge is -2.54. The van der Waals surface area contributed by atoms with E-state index in [1.165, 1.54) is 6.92 Å². The van der Waals surface area contributed by atoms with Crippen LogP contribution in [0, 0.1) is 29.1 Å². The molecule has 0 radical (unpaired) electrons. The average Bonchev–Trinajstić information content (AvgIpc) is 2.97. The smallest absolute Gasteiger partial charge is 0.303 e. The van der Waals surface area contributed by atoms with Crippen LogP contribution in [0.2, 0.25) is 0 Å². The van der Waals surface area contributed by atoms with Crippen molar-refractivity contribution in [1.29, 1.82) is 0 Å². The summed E-state index contributed by atoms with van der Waals surface area (Å²) in [4.78, 5) is 37.7. The second-order valence-corrected chi connectivity index (χ2v) is 8.80. The van der Waals surface area contributed by atoms with Gasteiger partial charge in [-0.3, -0.25) is 14.4 Å². The van der Waals surface area contributed by atoms with Crippen LogP contribution in [-0.4, -0.2) is 23.1 Å². The van der Waals surface area contributed by atoms with Crippen LogP contribution in [-0.2, 0) is 19.1 Å². The Bertz CT molecular complexity index is 995. The first-order chi connectivity index (χ1) is 15.1. The molecular formula is C23H30O4. The van der Waals surface area contributed by atoms with Crippen LogP contribution < -0.4 is 0 Å². The normalized spacial score (nSPS) is 49.0. The van der Waals surface area contributed by atoms with Crippen molar-refractivity contribution in [2.75, 3.05) is 0 Å². The number of fused-ring (bicyclic) bond motifs is 5. The zero-order valence-corrected chi connectivity index (χ0v) is 16.1. The van der Waals surface area contributed by atoms with Gasteiger partial charge in [0.1, 0.15) is 0 Å². The third-order valence-corrected chi connectivity index (χ3v) is 7.67. The first kappa shape index (κ1) is 12.7. The van der Waals surface area contributed by atoms with E-state index in [0.29, 0.717) is 24.8 Å². The number of hydrogen-bond acceptors (Lipinski definition) is 4. The monoisotopic (exact) mass is 376 g/mol. The Balaban J connectivity index is 1.81. The van der Waals surface area contributed by atoms with Crippen molar-refractivity contribution in [2.24, 2.45) is 29.1 Å². The van der Waals surface area contributed by atoms with Gasteiger partial charge in [0, 0.05) is 25.6 Å². The van der Waals surface area contributed by atoms with Crippen molar-refractivity contribution < 1.29 is 27.3 Å². The van der Waals surface area contributed by atoms with Crippen LogP contribution in [0.25, 0.3) is 0 Å². The highest BCUT2D eigenvalue weighted by atomic mass is 16.6. The standard InChI is InChI=1S/C23H30O4/c1-13-11-20-18(17-6-5-16(26)12-19(13)17)7-9-22(4)21(20)8-10-23(22,14(2)24)27-15(3)25/h11-12,17-18,20-21H,5-10H2,1-4H3/t17-,18-,20-,21+,22+,23+/m1/s1/i2D3,5D2,12D. The second-order valence-electron chi connectivity index (χ2n) is 8.80. The van der Waals surface area contributed by atoms with Crippen LogP contribution in [0.3, 0.4) is 0 Å². The lowest BCUT2D eigenvalue weighted by Crippen LogP contribution is -2.57. The molecule has 0 saturated heterocycles. The predicted molar refractivity (Wildman–Crippen MR) is 102 cm³/mol. The Hall–Kier alpha value is -1.71. The van der Waals surface area contributed by atoms with E-state index >= 15 is 0 Å². The molecule has 6 atom stereocenters. The Kier molecular flexibility index (Phi) is 2.89. The number of ether oxygens (including phenoxy) is 1. The highest BCUT2D eigenvalue weighted by Crippen LogP contribution is 2.65. The van der Waals surface area contributed by atoms with Crippen molar-refractivity contribution in [3.8, 4) is 0 Å². The largest absolute Gasteiger partial charge is 0.451 e. The van der Waals surface area contributed by atoms with E-state index in [1.54, 1.807) is 0 Å². The summed E-state index contributed by atoms with van der Waals surface area (Å²) < 4.78 is 53.6. The molecule has 4 aliphatic carbocycles. The Morgan fingerprint density at radius 2 is 2.11 bits per heavy atom. The summed E-state index contributed by atoms with van der Waals surface area (Å²) in [5.74, 6) is -3.03. The molecule has 2 fully saturated rings. The van der Waals surface area contributed by atoms with E-state index in [9.17, 15) is 14.4 Å². The quantitative estimate of drug-likeness (QED) is 0.678. The van der Waals surface area contributed by atoms with E-state index < -0.39 is 41.8 Å². The first-order valence-electron chi connectivity index (χ1n) is 12.8. The van der Waals surface area contributed by atoms with Crippen LogP contribution in [0.1, 0.15) is 74.3 Å². The maximum absolute atomic E-state index is 13.2. The van der Waals surface area contributed by atoms with Gasteiger partial charge < -0.3 is 4.74 Å². The van der Waals surface area contributed by atoms with Gasteiger partial charge in [0.15, 0.2) is 17.2 Å². The molecular weight excluding hydrogens is 340 g/mol. The number of carbonyl (C=O) groups excluding carboxylic acids is 3. The van der Waals surface area contributed by atoms with Gasteiger partial charge in [-0.25, -0.2) is 0 Å². The Morgan fingerprint density at radius 3 is 2.81 bits per heavy atom. The summed E-state index contributed by atoms with van der Waals surface area (Å²) in [5, 5.41) is 0. The van der Waals surface area contributed by atoms with Gasteiger partial charge in [0.05, 0.1) is 1.37 Å². The minimum Gasteiger partial charge on any atom is -0.451 e. The number of rotatable bonds is 2. The van der Waals surface area contributed by atoms with Crippen LogP contribution in [0.5, 0.6) is 0 Å². The van der Waals surface area contributed by atoms with Crippen molar-refractivity contribution in [3.63, 3.8) is 0 Å². The molecule has 0 aromatic carbocycles. The molecule has 0 unspecified atom stereocenters. The van der Waals surface area contributed by atoms with Crippen LogP contribution in [0.15, 0.2) is 23.3 Å². The molecule has 0 heterocycles. The molecule has 27 heavy (non-hydrogen) atoms. The van der Waals surface area contributed by atoms with E-state index in [4.69, 9.17) is 13.0 Å². The molecule has 4 nitrogen and oxygen atoms in total.